The molecule has 0 saturated carbocycles. The van der Waals surface area contributed by atoms with Crippen molar-refractivity contribution in [3.63, 3.8) is 0 Å². The Balaban J connectivity index is 2.04. The van der Waals surface area contributed by atoms with Crippen LogP contribution in [0.2, 0.25) is 0 Å². The van der Waals surface area contributed by atoms with Crippen LogP contribution in [0.5, 0.6) is 0 Å². The van der Waals surface area contributed by atoms with E-state index in [0.29, 0.717) is 5.95 Å². The number of benzene rings is 1. The average molecular weight is 294 g/mol. The van der Waals surface area contributed by atoms with Gasteiger partial charge in [0.05, 0.1) is 11.0 Å². The van der Waals surface area contributed by atoms with E-state index in [0.717, 1.165) is 11.0 Å². The van der Waals surface area contributed by atoms with E-state index in [9.17, 15) is 13.2 Å². The number of imidazole rings is 1. The molecule has 1 unspecified atom stereocenters. The summed E-state index contributed by atoms with van der Waals surface area (Å²) >= 11 is 0. The molecule has 1 aliphatic heterocycles. The van der Waals surface area contributed by atoms with E-state index in [4.69, 9.17) is 5.14 Å². The lowest BCUT2D eigenvalue weighted by molar-refractivity contribution is -0.117. The van der Waals surface area contributed by atoms with E-state index >= 15 is 0 Å². The van der Waals surface area contributed by atoms with Gasteiger partial charge in [0.15, 0.2) is 0 Å². The van der Waals surface area contributed by atoms with Crippen LogP contribution in [0, 0.1) is 0 Å². The Bertz CT molecular complexity index is 796. The Morgan fingerprint density at radius 2 is 2.05 bits per heavy atom. The number of aromatic nitrogens is 2. The number of para-hydroxylation sites is 2. The maximum Gasteiger partial charge on any atom is 0.230 e. The van der Waals surface area contributed by atoms with Gasteiger partial charge >= 0.3 is 0 Å². The predicted octanol–water partition coefficient (Wildman–Crippen LogP) is -0.0329. The number of hydrogen-bond acceptors (Lipinski definition) is 4. The van der Waals surface area contributed by atoms with Crippen LogP contribution < -0.4 is 10.0 Å². The molecular formula is C12H14N4O3S. The van der Waals surface area contributed by atoms with Crippen LogP contribution in [0.1, 0.15) is 6.42 Å². The second kappa shape index (κ2) is 4.29. The summed E-state index contributed by atoms with van der Waals surface area (Å²) in [4.78, 5) is 17.8. The molecule has 106 valence electrons. The molecule has 2 N–H and O–H groups in total. The highest BCUT2D eigenvalue weighted by atomic mass is 32.2. The first kappa shape index (κ1) is 13.1. The SMILES string of the molecule is Cn1c(N2CC(S(N)(=O)=O)CC2=O)nc2ccccc21. The Kier molecular flexibility index (Phi) is 2.80. The summed E-state index contributed by atoms with van der Waals surface area (Å²) in [7, 11) is -1.92. The van der Waals surface area contributed by atoms with Crippen molar-refractivity contribution in [2.45, 2.75) is 11.7 Å². The van der Waals surface area contributed by atoms with Gasteiger partial charge in [0.1, 0.15) is 5.25 Å². The molecule has 1 fully saturated rings. The molecule has 0 spiro atoms. The van der Waals surface area contributed by atoms with E-state index in [-0.39, 0.29) is 18.9 Å². The molecule has 1 saturated heterocycles. The van der Waals surface area contributed by atoms with Crippen LogP contribution in [0.25, 0.3) is 11.0 Å². The number of anilines is 1. The Labute approximate surface area is 116 Å². The van der Waals surface area contributed by atoms with Crippen LogP contribution in [0.15, 0.2) is 24.3 Å². The van der Waals surface area contributed by atoms with Crippen LogP contribution in [0.3, 0.4) is 0 Å². The minimum Gasteiger partial charge on any atom is -0.313 e. The van der Waals surface area contributed by atoms with Crippen molar-refractivity contribution in [2.24, 2.45) is 12.2 Å². The van der Waals surface area contributed by atoms with Crippen molar-refractivity contribution in [3.8, 4) is 0 Å². The number of carbonyl (C=O) groups is 1. The lowest BCUT2D eigenvalue weighted by Gasteiger charge is -2.15. The molecule has 1 aromatic heterocycles. The third kappa shape index (κ3) is 1.97. The highest BCUT2D eigenvalue weighted by Gasteiger charge is 2.38. The Morgan fingerprint density at radius 3 is 2.65 bits per heavy atom. The molecule has 1 aliphatic rings. The summed E-state index contributed by atoms with van der Waals surface area (Å²) in [6.07, 6.45) is -0.0952. The molecule has 1 atom stereocenters. The summed E-state index contributed by atoms with van der Waals surface area (Å²) in [5.74, 6) is 0.171. The van der Waals surface area contributed by atoms with E-state index in [2.05, 4.69) is 4.98 Å². The molecule has 3 rings (SSSR count). The van der Waals surface area contributed by atoms with Gasteiger partial charge in [0, 0.05) is 20.0 Å². The van der Waals surface area contributed by atoms with Gasteiger partial charge in [-0.15, -0.1) is 0 Å². The van der Waals surface area contributed by atoms with Gasteiger partial charge in [0.25, 0.3) is 0 Å². The van der Waals surface area contributed by atoms with E-state index < -0.39 is 15.3 Å². The number of carbonyl (C=O) groups excluding carboxylic acids is 1. The zero-order chi connectivity index (χ0) is 14.5. The fourth-order valence-electron chi connectivity index (χ4n) is 2.46. The zero-order valence-electron chi connectivity index (χ0n) is 10.9. The van der Waals surface area contributed by atoms with Gasteiger partial charge in [-0.1, -0.05) is 12.1 Å². The second-order valence-corrected chi connectivity index (χ2v) is 6.72. The van der Waals surface area contributed by atoms with Crippen molar-refractivity contribution in [1.29, 1.82) is 0 Å². The predicted molar refractivity (Wildman–Crippen MR) is 74.6 cm³/mol. The molecule has 2 aromatic rings. The van der Waals surface area contributed by atoms with Crippen LogP contribution >= 0.6 is 0 Å². The smallest absolute Gasteiger partial charge is 0.230 e. The summed E-state index contributed by atoms with van der Waals surface area (Å²) in [5.41, 5.74) is 1.64. The zero-order valence-corrected chi connectivity index (χ0v) is 11.7. The number of rotatable bonds is 2. The number of nitrogens with two attached hydrogens (primary N) is 1. The number of hydrogen-bond donors (Lipinski definition) is 1. The molecular weight excluding hydrogens is 280 g/mol. The van der Waals surface area contributed by atoms with Crippen LogP contribution in [0.4, 0.5) is 5.95 Å². The molecule has 1 amide bonds. The number of amides is 1. The van der Waals surface area contributed by atoms with Crippen LogP contribution in [-0.4, -0.2) is 35.7 Å². The van der Waals surface area contributed by atoms with E-state index in [1.54, 1.807) is 11.6 Å². The summed E-state index contributed by atoms with van der Waals surface area (Å²) in [5, 5.41) is 4.26. The lowest BCUT2D eigenvalue weighted by Crippen LogP contribution is -2.33. The van der Waals surface area contributed by atoms with E-state index in [1.165, 1.54) is 4.90 Å². The number of sulfonamides is 1. The number of aryl methyl sites for hydroxylation is 1. The molecule has 2 heterocycles. The van der Waals surface area contributed by atoms with Gasteiger partial charge < -0.3 is 4.57 Å². The highest BCUT2D eigenvalue weighted by Crippen LogP contribution is 2.26. The van der Waals surface area contributed by atoms with Crippen molar-refractivity contribution < 1.29 is 13.2 Å². The normalized spacial score (nSPS) is 20.0. The monoisotopic (exact) mass is 294 g/mol. The average Bonchev–Trinajstić information content (AvgIpc) is 2.91. The Hall–Kier alpha value is -1.93. The van der Waals surface area contributed by atoms with Gasteiger partial charge in [0.2, 0.25) is 21.9 Å². The molecule has 0 aliphatic carbocycles. The molecule has 0 radical (unpaired) electrons. The van der Waals surface area contributed by atoms with Gasteiger partial charge in [-0.25, -0.2) is 18.5 Å². The second-order valence-electron chi connectivity index (χ2n) is 4.88. The molecule has 20 heavy (non-hydrogen) atoms. The maximum atomic E-state index is 12.0. The summed E-state index contributed by atoms with van der Waals surface area (Å²) in [6.45, 7) is 0.0504. The summed E-state index contributed by atoms with van der Waals surface area (Å²) < 4.78 is 24.5. The first-order chi connectivity index (χ1) is 9.38. The van der Waals surface area contributed by atoms with Crippen molar-refractivity contribution in [3.05, 3.63) is 24.3 Å². The van der Waals surface area contributed by atoms with Crippen molar-refractivity contribution in [2.75, 3.05) is 11.4 Å². The molecule has 1 aromatic carbocycles. The number of nitrogens with zero attached hydrogens (tertiary/aromatic N) is 3. The first-order valence-corrected chi connectivity index (χ1v) is 7.72. The molecule has 8 heteroatoms. The number of fused-ring (bicyclic) bond motifs is 1. The van der Waals surface area contributed by atoms with Crippen molar-refractivity contribution in [1.82, 2.24) is 9.55 Å². The Morgan fingerprint density at radius 1 is 1.35 bits per heavy atom. The van der Waals surface area contributed by atoms with Gasteiger partial charge in [-0.05, 0) is 12.1 Å². The third-order valence-corrected chi connectivity index (χ3v) is 4.80. The minimum absolute atomic E-state index is 0.0504. The van der Waals surface area contributed by atoms with Gasteiger partial charge in [-0.3, -0.25) is 9.69 Å². The largest absolute Gasteiger partial charge is 0.313 e. The minimum atomic E-state index is -3.72. The fourth-order valence-corrected chi connectivity index (χ4v) is 3.19. The van der Waals surface area contributed by atoms with Gasteiger partial charge in [-0.2, -0.15) is 0 Å². The topological polar surface area (TPSA) is 98.3 Å². The van der Waals surface area contributed by atoms with E-state index in [1.807, 2.05) is 24.3 Å². The molecule has 0 bridgehead atoms. The quantitative estimate of drug-likeness (QED) is 0.840. The number of primary sulfonamides is 1. The van der Waals surface area contributed by atoms with Crippen molar-refractivity contribution >= 4 is 32.9 Å². The lowest BCUT2D eigenvalue weighted by atomic mass is 10.3. The first-order valence-electron chi connectivity index (χ1n) is 6.11. The highest BCUT2D eigenvalue weighted by molar-refractivity contribution is 7.89. The third-order valence-electron chi connectivity index (χ3n) is 3.56. The molecule has 7 nitrogen and oxygen atoms in total. The fraction of sp³-hybridized carbons (Fsp3) is 0.333. The standard InChI is InChI=1S/C12H14N4O3S/c1-15-10-5-3-2-4-9(10)14-12(15)16-7-8(6-11(16)17)20(13,18)19/h2-5,8H,6-7H2,1H3,(H2,13,18,19). The summed E-state index contributed by atoms with van der Waals surface area (Å²) in [6, 6.07) is 7.48. The maximum absolute atomic E-state index is 12.0. The van der Waals surface area contributed by atoms with Crippen LogP contribution in [-0.2, 0) is 21.9 Å².